The van der Waals surface area contributed by atoms with Gasteiger partial charge in [0.25, 0.3) is 0 Å². The first kappa shape index (κ1) is 37.2. The van der Waals surface area contributed by atoms with Crippen molar-refractivity contribution in [3.63, 3.8) is 0 Å². The van der Waals surface area contributed by atoms with Crippen molar-refractivity contribution in [1.82, 2.24) is 9.55 Å². The number of aryl methyl sites for hydroxylation is 1. The Kier molecular flexibility index (Phi) is 9.65. The molecule has 0 spiro atoms. The summed E-state index contributed by atoms with van der Waals surface area (Å²) in [4.78, 5) is 9.23. The fourth-order valence-corrected chi connectivity index (χ4v) is 8.38. The van der Waals surface area contributed by atoms with Crippen LogP contribution in [0.5, 0.6) is 11.5 Å². The predicted molar refractivity (Wildman–Crippen MR) is 257 cm³/mol. The number of hydrogen-bond acceptors (Lipinski definition) is 4. The van der Waals surface area contributed by atoms with Crippen LogP contribution in [-0.4, -0.2) is 9.55 Å². The van der Waals surface area contributed by atoms with Gasteiger partial charge < -0.3 is 19.1 Å². The van der Waals surface area contributed by atoms with E-state index in [4.69, 9.17) is 15.2 Å². The molecule has 1 aliphatic heterocycles. The van der Waals surface area contributed by atoms with Crippen LogP contribution in [0.15, 0.2) is 164 Å². The third-order valence-electron chi connectivity index (χ3n) is 11.6. The third-order valence-corrected chi connectivity index (χ3v) is 11.6. The fourth-order valence-electron chi connectivity index (χ4n) is 8.38. The average Bonchev–Trinajstić information content (AvgIpc) is 3.86. The van der Waals surface area contributed by atoms with E-state index in [9.17, 15) is 0 Å². The maximum Gasteiger partial charge on any atom is 0.135 e. The summed E-state index contributed by atoms with van der Waals surface area (Å²) < 4.78 is 43.9. The van der Waals surface area contributed by atoms with Crippen LogP contribution in [0.4, 0.5) is 22.7 Å². The number of para-hydroxylation sites is 3. The molecule has 0 radical (unpaired) electrons. The van der Waals surface area contributed by atoms with E-state index in [-0.39, 0.29) is 56.1 Å². The minimum atomic E-state index is -0.310. The molecule has 10 rings (SSSR count). The summed E-state index contributed by atoms with van der Waals surface area (Å²) in [6, 6.07) is 52.1. The van der Waals surface area contributed by atoms with Gasteiger partial charge in [0, 0.05) is 72.5 Å². The van der Waals surface area contributed by atoms with Gasteiger partial charge in [0.2, 0.25) is 0 Å². The van der Waals surface area contributed by atoms with Crippen molar-refractivity contribution in [1.29, 1.82) is 0 Å². The summed E-state index contributed by atoms with van der Waals surface area (Å²) in [6.45, 7) is 17.2. The van der Waals surface area contributed by atoms with Crippen molar-refractivity contribution < 1.29 is 31.3 Å². The minimum Gasteiger partial charge on any atom is -0.509 e. The second-order valence-corrected chi connectivity index (χ2v) is 18.1. The topological polar surface area (TPSA) is 33.5 Å². The molecule has 0 saturated heterocycles. The Morgan fingerprint density at radius 2 is 1.24 bits per heavy atom. The molecule has 0 amide bonds. The van der Waals surface area contributed by atoms with Gasteiger partial charge >= 0.3 is 0 Å². The number of pyridine rings is 1. The molecular weight excluding hydrogens is 952 g/mol. The maximum atomic E-state index is 9.09. The maximum absolute atomic E-state index is 9.09. The molecule has 6 heteroatoms. The van der Waals surface area contributed by atoms with E-state index in [1.807, 2.05) is 24.3 Å². The van der Waals surface area contributed by atoms with Gasteiger partial charge in [0.1, 0.15) is 5.82 Å². The average molecular weight is 1010 g/mol. The van der Waals surface area contributed by atoms with Crippen LogP contribution in [0, 0.1) is 25.7 Å². The van der Waals surface area contributed by atoms with E-state index in [0.29, 0.717) is 39.1 Å². The number of aromatic nitrogens is 2. The van der Waals surface area contributed by atoms with E-state index in [2.05, 4.69) is 180 Å². The van der Waals surface area contributed by atoms with Gasteiger partial charge in [-0.05, 0) is 87.8 Å². The monoisotopic (exact) mass is 1000 g/mol. The predicted octanol–water partition coefficient (Wildman–Crippen LogP) is 15.2. The smallest absolute Gasteiger partial charge is 0.135 e. The van der Waals surface area contributed by atoms with Crippen molar-refractivity contribution in [2.75, 3.05) is 9.80 Å². The SMILES string of the molecule is [2H]c1c([2H])c([2H])c2c(c1[2H])c1ccc(Oc3[c-]c(N4[CH-]N(c5c(-c6ccccc6)cc(C)cc5-c5ccccc5)c5ccccc54)cc(C(C)(C)C)c3)[c-]c1n2-c1cc(C(C)(C)C)ccn1.[Pt]. The van der Waals surface area contributed by atoms with Crippen molar-refractivity contribution in [3.8, 4) is 39.6 Å². The zero-order valence-electron chi connectivity index (χ0n) is 40.4. The molecule has 0 saturated carbocycles. The molecule has 0 aliphatic carbocycles. The first-order valence-electron chi connectivity index (χ1n) is 23.0. The third kappa shape index (κ3) is 7.85. The molecular formula is C57H49N4OPt-3. The van der Waals surface area contributed by atoms with Crippen LogP contribution < -0.4 is 14.5 Å². The molecule has 0 fully saturated rings. The second-order valence-electron chi connectivity index (χ2n) is 18.1. The van der Waals surface area contributed by atoms with Gasteiger partial charge in [-0.2, -0.15) is 6.07 Å². The number of rotatable bonds is 7. The summed E-state index contributed by atoms with van der Waals surface area (Å²) in [7, 11) is 0. The van der Waals surface area contributed by atoms with Crippen LogP contribution in [0.3, 0.4) is 0 Å². The number of ether oxygens (including phenoxy) is 1. The van der Waals surface area contributed by atoms with Gasteiger partial charge in [-0.3, -0.25) is 0 Å². The molecule has 0 atom stereocenters. The Morgan fingerprint density at radius 1 is 0.619 bits per heavy atom. The number of benzene rings is 7. The van der Waals surface area contributed by atoms with Crippen LogP contribution in [0.2, 0.25) is 0 Å². The summed E-state index contributed by atoms with van der Waals surface area (Å²) in [6.07, 6.45) is 1.74. The summed E-state index contributed by atoms with van der Waals surface area (Å²) in [5, 5.41) is 1.02. The van der Waals surface area contributed by atoms with Gasteiger partial charge in [0.05, 0.1) is 5.48 Å². The second kappa shape index (κ2) is 16.4. The largest absolute Gasteiger partial charge is 0.509 e. The molecule has 63 heavy (non-hydrogen) atoms. The van der Waals surface area contributed by atoms with Crippen molar-refractivity contribution in [3.05, 3.63) is 199 Å². The molecule has 5 nitrogen and oxygen atoms in total. The Labute approximate surface area is 391 Å². The zero-order chi connectivity index (χ0) is 46.2. The number of fused-ring (bicyclic) bond motifs is 4. The molecule has 3 heterocycles. The normalized spacial score (nSPS) is 13.6. The zero-order valence-corrected chi connectivity index (χ0v) is 38.6. The minimum absolute atomic E-state index is 0. The van der Waals surface area contributed by atoms with Crippen LogP contribution in [0.1, 0.15) is 63.7 Å². The van der Waals surface area contributed by atoms with E-state index < -0.39 is 0 Å². The number of anilines is 4. The van der Waals surface area contributed by atoms with E-state index >= 15 is 0 Å². The van der Waals surface area contributed by atoms with Crippen molar-refractivity contribution in [2.24, 2.45) is 0 Å². The van der Waals surface area contributed by atoms with Crippen molar-refractivity contribution >= 4 is 44.6 Å². The molecule has 9 aromatic rings. The Hall–Kier alpha value is -6.42. The van der Waals surface area contributed by atoms with Crippen LogP contribution in [-0.2, 0) is 31.9 Å². The molecule has 0 bridgehead atoms. The summed E-state index contributed by atoms with van der Waals surface area (Å²) in [5.41, 5.74) is 12.0. The summed E-state index contributed by atoms with van der Waals surface area (Å²) >= 11 is 0. The Bertz CT molecular complexity index is 3300. The Morgan fingerprint density at radius 3 is 1.89 bits per heavy atom. The fraction of sp³-hybridized carbons (Fsp3) is 0.158. The molecule has 0 N–H and O–H groups in total. The van der Waals surface area contributed by atoms with Gasteiger partial charge in [-0.25, -0.2) is 4.98 Å². The first-order chi connectivity index (χ1) is 31.6. The molecule has 2 aromatic heterocycles. The molecule has 316 valence electrons. The molecule has 7 aromatic carbocycles. The Balaban J connectivity index is 0.00000562. The molecule has 1 aliphatic rings. The standard InChI is InChI=1S/C57H49N4O.Pt/c1-38-30-48(39-18-10-8-11-19-39)55(49(31-38)40-20-12-9-13-21-40)60-37-59(51-24-16-17-25-52(51)60)43-32-42(57(5,6)7)33-45(35-43)62-44-26-27-47-46-22-14-15-23-50(46)61(53(47)36-44)54-34-41(28-29-58-54)56(2,3)4;/h8-34,37H,1-7H3;/q-3;/i14D,15D,22D,23D;. The van der Waals surface area contributed by atoms with Gasteiger partial charge in [-0.15, -0.1) is 53.6 Å². The van der Waals surface area contributed by atoms with Gasteiger partial charge in [0.15, 0.2) is 0 Å². The quantitative estimate of drug-likeness (QED) is 0.149. The van der Waals surface area contributed by atoms with E-state index in [1.165, 1.54) is 5.56 Å². The van der Waals surface area contributed by atoms with Crippen molar-refractivity contribution in [2.45, 2.75) is 59.3 Å². The van der Waals surface area contributed by atoms with Crippen LogP contribution in [0.25, 0.3) is 49.9 Å². The first-order valence-corrected chi connectivity index (χ1v) is 21.0. The van der Waals surface area contributed by atoms with E-state index in [1.54, 1.807) is 16.8 Å². The van der Waals surface area contributed by atoms with Crippen LogP contribution >= 0.6 is 0 Å². The number of hydrogen-bond donors (Lipinski definition) is 0. The summed E-state index contributed by atoms with van der Waals surface area (Å²) in [5.74, 6) is 1.41. The molecule has 0 unspecified atom stereocenters. The van der Waals surface area contributed by atoms with Gasteiger partial charge in [-0.1, -0.05) is 138 Å². The number of nitrogens with zero attached hydrogens (tertiary/aromatic N) is 4. The van der Waals surface area contributed by atoms with E-state index in [0.717, 1.165) is 56.1 Å².